The van der Waals surface area contributed by atoms with Crippen molar-refractivity contribution in [3.63, 3.8) is 0 Å². The van der Waals surface area contributed by atoms with Gasteiger partial charge in [0.05, 0.1) is 0 Å². The minimum atomic E-state index is -1.75. The molecule has 0 N–H and O–H groups in total. The van der Waals surface area contributed by atoms with Crippen LogP contribution in [-0.4, -0.2) is 6.22 Å². The number of benzene rings is 1. The summed E-state index contributed by atoms with van der Waals surface area (Å²) in [6.07, 6.45) is 12.4. The molecule has 3 rings (SSSR count). The van der Waals surface area contributed by atoms with E-state index in [9.17, 15) is 9.18 Å². The topological polar surface area (TPSA) is 26.3 Å². The van der Waals surface area contributed by atoms with Crippen LogP contribution in [0.3, 0.4) is 0 Å². The molecule has 0 spiro atoms. The Morgan fingerprint density at radius 2 is 1.74 bits per heavy atom. The van der Waals surface area contributed by atoms with E-state index >= 15 is 0 Å². The van der Waals surface area contributed by atoms with Crippen molar-refractivity contribution in [1.29, 1.82) is 0 Å². The average molecular weight is 328 g/mol. The van der Waals surface area contributed by atoms with Gasteiger partial charge in [-0.2, -0.15) is 0 Å². The van der Waals surface area contributed by atoms with E-state index in [4.69, 9.17) is 4.74 Å². The van der Waals surface area contributed by atoms with Gasteiger partial charge in [-0.3, -0.25) is 0 Å². The molecule has 1 aromatic carbocycles. The summed E-state index contributed by atoms with van der Waals surface area (Å²) >= 11 is 0. The van der Waals surface area contributed by atoms with Crippen LogP contribution in [0.1, 0.15) is 25.7 Å². The maximum Gasteiger partial charge on any atom is 0.500 e. The van der Waals surface area contributed by atoms with E-state index in [1.54, 1.807) is 0 Å². The van der Waals surface area contributed by atoms with Crippen molar-refractivity contribution in [1.82, 2.24) is 0 Å². The van der Waals surface area contributed by atoms with Gasteiger partial charge in [0.15, 0.2) is 0 Å². The van der Waals surface area contributed by atoms with Gasteiger partial charge in [0.2, 0.25) is 0 Å². The maximum absolute atomic E-state index is 12.8. The van der Waals surface area contributed by atoms with Gasteiger partial charge in [0, 0.05) is 5.31 Å². The van der Waals surface area contributed by atoms with Gasteiger partial charge in [-0.1, -0.05) is 54.6 Å². The van der Waals surface area contributed by atoms with Crippen LogP contribution in [-0.2, 0) is 4.74 Å². The Kier molecular flexibility index (Phi) is 5.19. The number of allylic oxidation sites excluding steroid dienone is 7. The summed E-state index contributed by atoms with van der Waals surface area (Å²) in [6, 6.07) is 10.2. The highest BCUT2D eigenvalue weighted by molar-refractivity contribution is 7.74. The first-order valence-corrected chi connectivity index (χ1v) is 9.10. The number of ether oxygens (including phenoxy) is 1. The second-order valence-corrected chi connectivity index (χ2v) is 7.54. The third-order valence-corrected chi connectivity index (χ3v) is 6.31. The van der Waals surface area contributed by atoms with E-state index < -0.39 is 14.1 Å². The summed E-state index contributed by atoms with van der Waals surface area (Å²) in [5, 5.41) is 3.34. The summed E-state index contributed by atoms with van der Waals surface area (Å²) in [4.78, 5) is 10.8. The smallest absolute Gasteiger partial charge is 0.401 e. The molecule has 1 atom stereocenters. The number of hydrogen-bond donors (Lipinski definition) is 0. The van der Waals surface area contributed by atoms with Crippen molar-refractivity contribution in [2.45, 2.75) is 25.7 Å². The third kappa shape index (κ3) is 3.86. The van der Waals surface area contributed by atoms with Crippen LogP contribution in [0.15, 0.2) is 77.1 Å². The fourth-order valence-electron chi connectivity index (χ4n) is 2.79. The predicted octanol–water partition coefficient (Wildman–Crippen LogP) is 5.70. The Bertz CT molecular complexity index is 701. The molecule has 0 saturated heterocycles. The second kappa shape index (κ2) is 7.52. The second-order valence-electron chi connectivity index (χ2n) is 5.35. The Labute approximate surface area is 136 Å². The zero-order chi connectivity index (χ0) is 16.1. The quantitative estimate of drug-likeness (QED) is 0.524. The summed E-state index contributed by atoms with van der Waals surface area (Å²) < 4.78 is 17.7. The third-order valence-electron chi connectivity index (χ3n) is 3.77. The zero-order valence-electron chi connectivity index (χ0n) is 12.7. The van der Waals surface area contributed by atoms with E-state index in [-0.39, 0.29) is 0 Å². The Morgan fingerprint density at radius 3 is 2.43 bits per heavy atom. The Morgan fingerprint density at radius 1 is 1.00 bits per heavy atom. The first-order chi connectivity index (χ1) is 11.3. The summed E-state index contributed by atoms with van der Waals surface area (Å²) in [6.45, 7) is 0. The monoisotopic (exact) mass is 328 g/mol. The van der Waals surface area contributed by atoms with E-state index in [2.05, 4.69) is 36.4 Å². The summed E-state index contributed by atoms with van der Waals surface area (Å²) in [5.74, 6) is 0.374. The zero-order valence-corrected chi connectivity index (χ0v) is 13.6. The highest BCUT2D eigenvalue weighted by Crippen LogP contribution is 2.56. The summed E-state index contributed by atoms with van der Waals surface area (Å²) in [5.41, 5.74) is 0. The molecule has 1 unspecified atom stereocenters. The van der Waals surface area contributed by atoms with Gasteiger partial charge in [0.25, 0.3) is 0 Å². The molecule has 0 aliphatic heterocycles. The lowest BCUT2D eigenvalue weighted by atomic mass is 10.2. The van der Waals surface area contributed by atoms with Gasteiger partial charge in [-0.25, -0.2) is 4.79 Å². The van der Waals surface area contributed by atoms with Crippen LogP contribution in [0.25, 0.3) is 0 Å². The van der Waals surface area contributed by atoms with Crippen molar-refractivity contribution in [3.8, 4) is 0 Å². The van der Waals surface area contributed by atoms with Crippen LogP contribution in [0.5, 0.6) is 0 Å². The first kappa shape index (κ1) is 15.9. The van der Waals surface area contributed by atoms with Crippen LogP contribution in [0.4, 0.5) is 9.18 Å². The standard InChI is InChI=1S/C19H18FO2P/c20-19(21)22-17-13-7-8-14-18(17)23(15-9-3-1-4-10-15)16-11-5-2-6-12-16/h1,3-5,9-14H,2,6-8H2. The van der Waals surface area contributed by atoms with Gasteiger partial charge < -0.3 is 4.74 Å². The van der Waals surface area contributed by atoms with Crippen LogP contribution < -0.4 is 5.30 Å². The molecular weight excluding hydrogens is 310 g/mol. The van der Waals surface area contributed by atoms with Crippen LogP contribution in [0.2, 0.25) is 0 Å². The lowest BCUT2D eigenvalue weighted by Gasteiger charge is -2.26. The molecule has 0 fully saturated rings. The van der Waals surface area contributed by atoms with Crippen LogP contribution >= 0.6 is 7.92 Å². The van der Waals surface area contributed by atoms with Gasteiger partial charge in [0.1, 0.15) is 5.76 Å². The fourth-order valence-corrected chi connectivity index (χ4v) is 5.35. The molecular formula is C19H18FO2P. The van der Waals surface area contributed by atoms with E-state index in [1.807, 2.05) is 24.3 Å². The molecule has 0 radical (unpaired) electrons. The summed E-state index contributed by atoms with van der Waals surface area (Å²) in [7, 11) is -0.839. The fraction of sp³-hybridized carbons (Fsp3) is 0.211. The average Bonchev–Trinajstić information content (AvgIpc) is 2.58. The molecule has 23 heavy (non-hydrogen) atoms. The highest BCUT2D eigenvalue weighted by Gasteiger charge is 2.26. The predicted molar refractivity (Wildman–Crippen MR) is 92.4 cm³/mol. The number of hydrogen-bond acceptors (Lipinski definition) is 2. The van der Waals surface area contributed by atoms with Crippen LogP contribution in [0, 0.1) is 0 Å². The molecule has 0 heterocycles. The molecule has 1 aromatic rings. The molecule has 0 amide bonds. The van der Waals surface area contributed by atoms with Crippen molar-refractivity contribution in [3.05, 3.63) is 77.1 Å². The maximum atomic E-state index is 12.8. The minimum absolute atomic E-state index is 0.374. The highest BCUT2D eigenvalue weighted by atomic mass is 31.1. The minimum Gasteiger partial charge on any atom is -0.401 e. The number of rotatable bonds is 4. The van der Waals surface area contributed by atoms with Crippen molar-refractivity contribution in [2.75, 3.05) is 0 Å². The number of halogens is 1. The van der Waals surface area contributed by atoms with Crippen molar-refractivity contribution < 1.29 is 13.9 Å². The van der Waals surface area contributed by atoms with Gasteiger partial charge in [-0.05, 0) is 50.3 Å². The van der Waals surface area contributed by atoms with Gasteiger partial charge in [-0.15, -0.1) is 4.39 Å². The Balaban J connectivity index is 2.02. The molecule has 0 aromatic heterocycles. The normalized spacial score (nSPS) is 18.6. The SMILES string of the molecule is O=C(F)OC1=CCCC=C1P(C1=CCCC=C1)c1ccccc1. The molecule has 0 bridgehead atoms. The van der Waals surface area contributed by atoms with E-state index in [0.29, 0.717) is 5.76 Å². The molecule has 0 saturated carbocycles. The number of carbonyl (C=O) groups excluding carboxylic acids is 1. The largest absolute Gasteiger partial charge is 0.500 e. The number of carbonyl (C=O) groups is 1. The van der Waals surface area contributed by atoms with Gasteiger partial charge >= 0.3 is 6.22 Å². The molecule has 2 nitrogen and oxygen atoms in total. The van der Waals surface area contributed by atoms with E-state index in [1.165, 1.54) is 10.6 Å². The lowest BCUT2D eigenvalue weighted by molar-refractivity contribution is 0.152. The first-order valence-electron chi connectivity index (χ1n) is 7.75. The Hall–Kier alpha value is -1.99. The van der Waals surface area contributed by atoms with Crippen molar-refractivity contribution >= 4 is 19.4 Å². The molecule has 118 valence electrons. The lowest BCUT2D eigenvalue weighted by Crippen LogP contribution is -2.09. The molecule has 2 aliphatic rings. The van der Waals surface area contributed by atoms with Crippen molar-refractivity contribution in [2.24, 2.45) is 0 Å². The molecule has 4 heteroatoms. The van der Waals surface area contributed by atoms with E-state index in [0.717, 1.165) is 31.0 Å². The molecule has 2 aliphatic carbocycles.